The number of esters is 1. The van der Waals surface area contributed by atoms with Crippen LogP contribution in [0.15, 0.2) is 22.7 Å². The fourth-order valence-electron chi connectivity index (χ4n) is 3.86. The Kier molecular flexibility index (Phi) is 6.97. The summed E-state index contributed by atoms with van der Waals surface area (Å²) >= 11 is 1.44. The number of nitrogens with one attached hydrogen (secondary N) is 2. The topological polar surface area (TPSA) is 105 Å². The smallest absolute Gasteiger partial charge is 0.323 e. The first-order chi connectivity index (χ1) is 14.5. The lowest BCUT2D eigenvalue weighted by Crippen LogP contribution is -2.60. The fraction of sp³-hybridized carbons (Fsp3) is 0.500. The standard InChI is InChI=1S/C20H26N4O5S/c1-6-29-20(25)13-9-14(24-18(22-13)12(10-21)19(23-24)30-5)11-7-8-15(26-2)17(28-4)16(11)27-3/h7-8,13-14,18,22-23H,6,9H2,1-5H3. The van der Waals surface area contributed by atoms with Crippen molar-refractivity contribution >= 4 is 17.7 Å². The van der Waals surface area contributed by atoms with Gasteiger partial charge in [-0.25, -0.2) is 0 Å². The van der Waals surface area contributed by atoms with Crippen LogP contribution in [0.1, 0.15) is 24.9 Å². The normalized spacial score (nSPS) is 23.3. The molecule has 0 radical (unpaired) electrons. The van der Waals surface area contributed by atoms with Crippen LogP contribution in [0, 0.1) is 11.3 Å². The summed E-state index contributed by atoms with van der Waals surface area (Å²) in [6.45, 7) is 2.05. The molecule has 0 aromatic heterocycles. The van der Waals surface area contributed by atoms with Crippen molar-refractivity contribution in [3.8, 4) is 23.3 Å². The lowest BCUT2D eigenvalue weighted by atomic mass is 9.93. The molecule has 1 saturated heterocycles. The minimum atomic E-state index is -0.583. The number of methoxy groups -OCH3 is 3. The van der Waals surface area contributed by atoms with Gasteiger partial charge in [0.05, 0.1) is 44.6 Å². The Bertz CT molecular complexity index is 885. The molecule has 1 fully saturated rings. The monoisotopic (exact) mass is 434 g/mol. The number of fused-ring (bicyclic) bond motifs is 1. The zero-order valence-corrected chi connectivity index (χ0v) is 18.5. The van der Waals surface area contributed by atoms with Crippen LogP contribution in [0.5, 0.6) is 17.2 Å². The van der Waals surface area contributed by atoms with Gasteiger partial charge in [0.25, 0.3) is 0 Å². The van der Waals surface area contributed by atoms with Gasteiger partial charge in [0.2, 0.25) is 5.75 Å². The lowest BCUT2D eigenvalue weighted by Gasteiger charge is -2.42. The van der Waals surface area contributed by atoms with Crippen molar-refractivity contribution in [3.05, 3.63) is 28.3 Å². The predicted molar refractivity (Wildman–Crippen MR) is 112 cm³/mol. The SMILES string of the molecule is CCOC(=O)C1CC(c2ccc(OC)c(OC)c2OC)N2NC(SC)=C(C#N)C2N1. The van der Waals surface area contributed by atoms with Crippen molar-refractivity contribution < 1.29 is 23.7 Å². The molecule has 1 aromatic carbocycles. The van der Waals surface area contributed by atoms with Crippen molar-refractivity contribution in [2.24, 2.45) is 0 Å². The second kappa shape index (κ2) is 9.47. The Balaban J connectivity index is 2.09. The summed E-state index contributed by atoms with van der Waals surface area (Å²) in [4.78, 5) is 12.6. The van der Waals surface area contributed by atoms with E-state index in [1.54, 1.807) is 34.3 Å². The maximum Gasteiger partial charge on any atom is 0.323 e. The predicted octanol–water partition coefficient (Wildman–Crippen LogP) is 1.92. The van der Waals surface area contributed by atoms with Crippen molar-refractivity contribution in [3.63, 3.8) is 0 Å². The van der Waals surface area contributed by atoms with E-state index in [1.807, 2.05) is 17.3 Å². The first-order valence-electron chi connectivity index (χ1n) is 9.49. The van der Waals surface area contributed by atoms with E-state index in [2.05, 4.69) is 16.8 Å². The Labute approximate surface area is 180 Å². The fourth-order valence-corrected chi connectivity index (χ4v) is 4.43. The second-order valence-electron chi connectivity index (χ2n) is 6.63. The van der Waals surface area contributed by atoms with Crippen LogP contribution in [0.2, 0.25) is 0 Å². The maximum atomic E-state index is 12.6. The van der Waals surface area contributed by atoms with Crippen LogP contribution < -0.4 is 25.0 Å². The maximum absolute atomic E-state index is 12.6. The zero-order chi connectivity index (χ0) is 21.8. The van der Waals surface area contributed by atoms with Gasteiger partial charge in [-0.15, -0.1) is 11.8 Å². The highest BCUT2D eigenvalue weighted by Crippen LogP contribution is 2.47. The summed E-state index contributed by atoms with van der Waals surface area (Å²) in [5, 5.41) is 15.7. The molecule has 0 spiro atoms. The van der Waals surface area contributed by atoms with E-state index >= 15 is 0 Å². The van der Waals surface area contributed by atoms with Gasteiger partial charge >= 0.3 is 5.97 Å². The van der Waals surface area contributed by atoms with Crippen LogP contribution in [-0.2, 0) is 9.53 Å². The first-order valence-corrected chi connectivity index (χ1v) is 10.7. The van der Waals surface area contributed by atoms with Gasteiger partial charge < -0.3 is 24.4 Å². The molecule has 0 saturated carbocycles. The summed E-state index contributed by atoms with van der Waals surface area (Å²) in [7, 11) is 4.67. The van der Waals surface area contributed by atoms with E-state index in [0.717, 1.165) is 10.6 Å². The van der Waals surface area contributed by atoms with Gasteiger partial charge in [-0.05, 0) is 31.7 Å². The molecule has 9 nitrogen and oxygen atoms in total. The summed E-state index contributed by atoms with van der Waals surface area (Å²) in [5.41, 5.74) is 4.65. The third kappa shape index (κ3) is 3.76. The van der Waals surface area contributed by atoms with Crippen molar-refractivity contribution in [2.75, 3.05) is 34.2 Å². The molecule has 0 amide bonds. The van der Waals surface area contributed by atoms with Crippen LogP contribution >= 0.6 is 11.8 Å². The molecular weight excluding hydrogens is 408 g/mol. The lowest BCUT2D eigenvalue weighted by molar-refractivity contribution is -0.148. The number of carbonyl (C=O) groups excluding carboxylic acids is 1. The number of carbonyl (C=O) groups is 1. The first kappa shape index (κ1) is 22.1. The molecular formula is C20H26N4O5S. The molecule has 3 atom stereocenters. The number of hydrogen-bond acceptors (Lipinski definition) is 10. The van der Waals surface area contributed by atoms with Crippen LogP contribution in [-0.4, -0.2) is 57.4 Å². The summed E-state index contributed by atoms with van der Waals surface area (Å²) in [6, 6.07) is 5.07. The minimum Gasteiger partial charge on any atom is -0.493 e. The van der Waals surface area contributed by atoms with E-state index in [-0.39, 0.29) is 18.6 Å². The van der Waals surface area contributed by atoms with Crippen LogP contribution in [0.4, 0.5) is 0 Å². The Morgan fingerprint density at radius 2 is 2.00 bits per heavy atom. The number of thioether (sulfide) groups is 1. The molecule has 1 aromatic rings. The number of nitrogens with zero attached hydrogens (tertiary/aromatic N) is 2. The minimum absolute atomic E-state index is 0.283. The largest absolute Gasteiger partial charge is 0.493 e. The highest BCUT2D eigenvalue weighted by Gasteiger charge is 2.46. The third-order valence-corrected chi connectivity index (χ3v) is 5.89. The van der Waals surface area contributed by atoms with E-state index in [4.69, 9.17) is 18.9 Å². The molecule has 2 aliphatic rings. The zero-order valence-electron chi connectivity index (χ0n) is 17.6. The molecule has 3 unspecified atom stereocenters. The number of rotatable bonds is 7. The highest BCUT2D eigenvalue weighted by molar-refractivity contribution is 8.02. The van der Waals surface area contributed by atoms with Crippen molar-refractivity contribution in [1.82, 2.24) is 15.8 Å². The molecule has 2 heterocycles. The summed E-state index contributed by atoms with van der Waals surface area (Å²) < 4.78 is 21.9. The van der Waals surface area contributed by atoms with Crippen molar-refractivity contribution in [2.45, 2.75) is 31.6 Å². The van der Waals surface area contributed by atoms with E-state index in [9.17, 15) is 10.1 Å². The molecule has 162 valence electrons. The Morgan fingerprint density at radius 1 is 1.27 bits per heavy atom. The summed E-state index contributed by atoms with van der Waals surface area (Å²) in [5.74, 6) is 1.18. The number of ether oxygens (including phenoxy) is 4. The van der Waals surface area contributed by atoms with Gasteiger partial charge in [0, 0.05) is 5.56 Å². The molecule has 3 rings (SSSR count). The van der Waals surface area contributed by atoms with Crippen molar-refractivity contribution in [1.29, 1.82) is 5.26 Å². The number of hydrogen-bond donors (Lipinski definition) is 2. The molecule has 2 aliphatic heterocycles. The van der Waals surface area contributed by atoms with Gasteiger partial charge in [-0.3, -0.25) is 10.1 Å². The molecule has 0 aliphatic carbocycles. The summed E-state index contributed by atoms with van der Waals surface area (Å²) in [6.07, 6.45) is 1.82. The average Bonchev–Trinajstić information content (AvgIpc) is 3.14. The van der Waals surface area contributed by atoms with Gasteiger partial charge in [0.15, 0.2) is 11.5 Å². The van der Waals surface area contributed by atoms with Gasteiger partial charge in [-0.2, -0.15) is 10.3 Å². The molecule has 2 N–H and O–H groups in total. The van der Waals surface area contributed by atoms with Crippen LogP contribution in [0.25, 0.3) is 0 Å². The van der Waals surface area contributed by atoms with Crippen LogP contribution in [0.3, 0.4) is 0 Å². The third-order valence-electron chi connectivity index (χ3n) is 5.17. The average molecular weight is 435 g/mol. The molecule has 0 bridgehead atoms. The van der Waals surface area contributed by atoms with Gasteiger partial charge in [0.1, 0.15) is 18.3 Å². The molecule has 30 heavy (non-hydrogen) atoms. The van der Waals surface area contributed by atoms with Gasteiger partial charge in [-0.1, -0.05) is 0 Å². The quantitative estimate of drug-likeness (QED) is 0.618. The number of benzene rings is 1. The van der Waals surface area contributed by atoms with E-state index < -0.39 is 12.2 Å². The highest BCUT2D eigenvalue weighted by atomic mass is 32.2. The second-order valence-corrected chi connectivity index (χ2v) is 7.44. The Morgan fingerprint density at radius 3 is 2.57 bits per heavy atom. The van der Waals surface area contributed by atoms with E-state index in [0.29, 0.717) is 29.2 Å². The molecule has 10 heteroatoms. The number of hydrazine groups is 1. The Hall–Kier alpha value is -2.61. The number of nitriles is 1. The van der Waals surface area contributed by atoms with E-state index in [1.165, 1.54) is 11.8 Å².